The van der Waals surface area contributed by atoms with E-state index in [1.165, 1.54) is 12.1 Å². The Hall–Kier alpha value is -0.420. The molecule has 0 bridgehead atoms. The maximum absolute atomic E-state index is 13.0. The smallest absolute Gasteiger partial charge is 0.218 e. The van der Waals surface area contributed by atoms with Crippen LogP contribution in [0.1, 0.15) is 10.4 Å². The maximum Gasteiger partial charge on any atom is 0.218 e. The number of fused-ring (bicyclic) bond motifs is 1. The van der Waals surface area contributed by atoms with Gasteiger partial charge in [0.15, 0.2) is 0 Å². The van der Waals surface area contributed by atoms with Gasteiger partial charge >= 0.3 is 0 Å². The van der Waals surface area contributed by atoms with Crippen LogP contribution in [0, 0.1) is 5.82 Å². The minimum atomic E-state index is -0.684. The molecule has 2 rings (SSSR count). The average molecular weight is 310 g/mol. The van der Waals surface area contributed by atoms with Crippen molar-refractivity contribution < 1.29 is 13.9 Å². The van der Waals surface area contributed by atoms with Crippen molar-refractivity contribution in [3.05, 3.63) is 28.0 Å². The number of carbonyl (C=O) groups is 1. The fraction of sp³-hybridized carbons (Fsp3) is 0.125. The van der Waals surface area contributed by atoms with Crippen LogP contribution in [0.3, 0.4) is 0 Å². The number of carbonyl (C=O) groups excluding carboxylic acids is 1. The van der Waals surface area contributed by atoms with E-state index >= 15 is 0 Å². The second-order valence-electron chi connectivity index (χ2n) is 2.56. The molecule has 0 aliphatic carbocycles. The van der Waals surface area contributed by atoms with Gasteiger partial charge in [-0.15, -0.1) is 0 Å². The molecule has 0 N–H and O–H groups in total. The minimum absolute atomic E-state index is 0.249. The van der Waals surface area contributed by atoms with Crippen molar-refractivity contribution in [3.63, 3.8) is 0 Å². The number of alkyl halides is 1. The van der Waals surface area contributed by atoms with E-state index in [0.717, 1.165) is 0 Å². The van der Waals surface area contributed by atoms with Crippen LogP contribution < -0.4 is 4.74 Å². The van der Waals surface area contributed by atoms with Gasteiger partial charge in [0, 0.05) is 0 Å². The summed E-state index contributed by atoms with van der Waals surface area (Å²) in [6.07, 6.45) is 0. The Morgan fingerprint density at radius 3 is 2.85 bits per heavy atom. The molecule has 0 fully saturated rings. The zero-order valence-electron chi connectivity index (χ0n) is 6.18. The number of Topliss-reactive ketones (excluding diaryl/α,β-unsaturated/α-hetero) is 1. The number of rotatable bonds is 0. The van der Waals surface area contributed by atoms with Gasteiger partial charge in [-0.2, -0.15) is 0 Å². The first-order valence-corrected chi connectivity index (χ1v) is 5.14. The summed E-state index contributed by atoms with van der Waals surface area (Å²) < 4.78 is 18.4. The molecule has 0 spiro atoms. The van der Waals surface area contributed by atoms with Crippen molar-refractivity contribution in [2.45, 2.75) is 5.01 Å². The zero-order valence-corrected chi connectivity index (χ0v) is 9.35. The van der Waals surface area contributed by atoms with Crippen molar-refractivity contribution in [1.29, 1.82) is 0 Å². The third-order valence-corrected chi connectivity index (χ3v) is 2.93. The third-order valence-electron chi connectivity index (χ3n) is 1.72. The normalized spacial score (nSPS) is 19.9. The first kappa shape index (κ1) is 9.15. The molecule has 0 aromatic heterocycles. The predicted molar refractivity (Wildman–Crippen MR) is 51.8 cm³/mol. The van der Waals surface area contributed by atoms with Crippen molar-refractivity contribution in [2.75, 3.05) is 0 Å². The molecule has 0 saturated carbocycles. The molecule has 2 nitrogen and oxygen atoms in total. The van der Waals surface area contributed by atoms with E-state index in [4.69, 9.17) is 4.74 Å². The highest BCUT2D eigenvalue weighted by Crippen LogP contribution is 2.34. The highest BCUT2D eigenvalue weighted by atomic mass is 79.9. The summed E-state index contributed by atoms with van der Waals surface area (Å²) in [5.74, 6) is -0.307. The van der Waals surface area contributed by atoms with Crippen LogP contribution in [0.4, 0.5) is 4.39 Å². The Bertz CT molecular complexity index is 392. The number of hydrogen-bond acceptors (Lipinski definition) is 2. The number of benzene rings is 1. The van der Waals surface area contributed by atoms with E-state index in [0.29, 0.717) is 10.2 Å². The first-order valence-electron chi connectivity index (χ1n) is 3.43. The molecule has 13 heavy (non-hydrogen) atoms. The van der Waals surface area contributed by atoms with E-state index in [-0.39, 0.29) is 11.3 Å². The van der Waals surface area contributed by atoms with E-state index in [9.17, 15) is 9.18 Å². The number of halogens is 3. The van der Waals surface area contributed by atoms with Gasteiger partial charge in [0.1, 0.15) is 11.6 Å². The first-order chi connectivity index (χ1) is 6.09. The van der Waals surface area contributed by atoms with Gasteiger partial charge in [-0.3, -0.25) is 4.79 Å². The summed E-state index contributed by atoms with van der Waals surface area (Å²) >= 11 is 6.03. The Morgan fingerprint density at radius 2 is 2.15 bits per heavy atom. The Labute approximate surface area is 90.3 Å². The summed E-state index contributed by atoms with van der Waals surface area (Å²) in [6, 6.07) is 2.62. The molecule has 0 unspecified atom stereocenters. The molecule has 0 amide bonds. The monoisotopic (exact) mass is 308 g/mol. The quantitative estimate of drug-likeness (QED) is 0.689. The summed E-state index contributed by atoms with van der Waals surface area (Å²) in [5, 5.41) is -0.684. The molecular weight excluding hydrogens is 307 g/mol. The van der Waals surface area contributed by atoms with Gasteiger partial charge in [0.05, 0.1) is 10.0 Å². The second-order valence-corrected chi connectivity index (χ2v) is 4.25. The van der Waals surface area contributed by atoms with Crippen LogP contribution in [0.5, 0.6) is 5.75 Å². The summed E-state index contributed by atoms with van der Waals surface area (Å²) in [4.78, 5) is 11.3. The lowest BCUT2D eigenvalue weighted by Crippen LogP contribution is -2.10. The van der Waals surface area contributed by atoms with Crippen LogP contribution >= 0.6 is 31.9 Å². The molecule has 5 heteroatoms. The molecule has 1 heterocycles. The fourth-order valence-electron chi connectivity index (χ4n) is 1.11. The van der Waals surface area contributed by atoms with Crippen molar-refractivity contribution >= 4 is 37.6 Å². The van der Waals surface area contributed by atoms with Crippen LogP contribution in [-0.4, -0.2) is 10.8 Å². The SMILES string of the molecule is O=C1c2cc(F)c(Br)cc2O[C@H]1Br. The van der Waals surface area contributed by atoms with Gasteiger partial charge in [-0.05, 0) is 44.0 Å². The van der Waals surface area contributed by atoms with Crippen LogP contribution in [0.25, 0.3) is 0 Å². The lowest BCUT2D eigenvalue weighted by molar-refractivity contribution is 0.0942. The molecular formula is C8H3Br2FO2. The lowest BCUT2D eigenvalue weighted by atomic mass is 10.1. The zero-order chi connectivity index (χ0) is 9.59. The highest BCUT2D eigenvalue weighted by Gasteiger charge is 2.31. The molecule has 0 saturated heterocycles. The van der Waals surface area contributed by atoms with Crippen molar-refractivity contribution in [3.8, 4) is 5.75 Å². The molecule has 1 aliphatic rings. The Morgan fingerprint density at radius 1 is 1.46 bits per heavy atom. The Kier molecular flexibility index (Phi) is 2.15. The summed E-state index contributed by atoms with van der Waals surface area (Å²) in [7, 11) is 0. The predicted octanol–water partition coefficient (Wildman–Crippen LogP) is 2.88. The van der Waals surface area contributed by atoms with Gasteiger partial charge in [0.25, 0.3) is 0 Å². The van der Waals surface area contributed by atoms with Crippen molar-refractivity contribution in [1.82, 2.24) is 0 Å². The molecule has 68 valence electrons. The van der Waals surface area contributed by atoms with E-state index in [2.05, 4.69) is 31.9 Å². The van der Waals surface area contributed by atoms with E-state index in [1.807, 2.05) is 0 Å². The molecule has 1 atom stereocenters. The molecule has 1 aliphatic heterocycles. The maximum atomic E-state index is 13.0. The largest absolute Gasteiger partial charge is 0.470 e. The van der Waals surface area contributed by atoms with Gasteiger partial charge in [0.2, 0.25) is 10.8 Å². The van der Waals surface area contributed by atoms with E-state index < -0.39 is 10.8 Å². The summed E-state index contributed by atoms with van der Waals surface area (Å²) in [6.45, 7) is 0. The Balaban J connectivity index is 2.59. The summed E-state index contributed by atoms with van der Waals surface area (Å²) in [5.41, 5.74) is 0.280. The van der Waals surface area contributed by atoms with E-state index in [1.54, 1.807) is 0 Å². The van der Waals surface area contributed by atoms with Crippen LogP contribution in [0.15, 0.2) is 16.6 Å². The van der Waals surface area contributed by atoms with Crippen LogP contribution in [0.2, 0.25) is 0 Å². The standard InChI is InChI=1S/C8H3Br2FO2/c9-4-2-6-3(1-5(4)11)7(12)8(10)13-6/h1-2,8H/t8-/m1/s1. The van der Waals surface area contributed by atoms with Gasteiger partial charge in [-0.25, -0.2) is 4.39 Å². The van der Waals surface area contributed by atoms with Crippen LogP contribution in [-0.2, 0) is 0 Å². The second kappa shape index (κ2) is 3.06. The lowest BCUT2D eigenvalue weighted by Gasteiger charge is -1.99. The number of hydrogen-bond donors (Lipinski definition) is 0. The topological polar surface area (TPSA) is 26.3 Å². The number of ketones is 1. The molecule has 1 aromatic rings. The number of ether oxygens (including phenoxy) is 1. The highest BCUT2D eigenvalue weighted by molar-refractivity contribution is 9.10. The average Bonchev–Trinajstić information content (AvgIpc) is 2.32. The van der Waals surface area contributed by atoms with Gasteiger partial charge in [-0.1, -0.05) is 0 Å². The third kappa shape index (κ3) is 1.40. The van der Waals surface area contributed by atoms with Gasteiger partial charge < -0.3 is 4.74 Å². The molecule has 1 aromatic carbocycles. The minimum Gasteiger partial charge on any atom is -0.470 e. The van der Waals surface area contributed by atoms with Crippen molar-refractivity contribution in [2.24, 2.45) is 0 Å². The fourth-order valence-corrected chi connectivity index (χ4v) is 1.88. The molecule has 0 radical (unpaired) electrons.